The zero-order valence-electron chi connectivity index (χ0n) is 13.2. The minimum absolute atomic E-state index is 0.168. The molecule has 1 heterocycles. The van der Waals surface area contributed by atoms with Crippen molar-refractivity contribution in [3.8, 4) is 0 Å². The molecule has 0 radical (unpaired) electrons. The van der Waals surface area contributed by atoms with Gasteiger partial charge in [-0.3, -0.25) is 4.90 Å². The molecule has 1 aromatic carbocycles. The molecule has 1 amide bonds. The quantitative estimate of drug-likeness (QED) is 0.926. The third kappa shape index (κ3) is 2.96. The molecule has 0 bridgehead atoms. The van der Waals surface area contributed by atoms with Crippen LogP contribution in [0, 0.1) is 0 Å². The van der Waals surface area contributed by atoms with Gasteiger partial charge < -0.3 is 10.5 Å². The monoisotopic (exact) mass is 300 g/mol. The Balaban J connectivity index is 1.67. The first kappa shape index (κ1) is 14.9. The summed E-state index contributed by atoms with van der Waals surface area (Å²) < 4.78 is 5.71. The smallest absolute Gasteiger partial charge is 0.410 e. The Morgan fingerprint density at radius 3 is 2.59 bits per heavy atom. The van der Waals surface area contributed by atoms with E-state index in [1.54, 1.807) is 0 Å². The Morgan fingerprint density at radius 1 is 1.27 bits per heavy atom. The third-order valence-corrected chi connectivity index (χ3v) is 4.78. The summed E-state index contributed by atoms with van der Waals surface area (Å²) in [6.45, 7) is 3.26. The van der Waals surface area contributed by atoms with Crippen molar-refractivity contribution in [2.45, 2.75) is 51.2 Å². The summed E-state index contributed by atoms with van der Waals surface area (Å²) in [4.78, 5) is 14.0. The lowest BCUT2D eigenvalue weighted by atomic mass is 9.85. The van der Waals surface area contributed by atoms with Crippen molar-refractivity contribution in [1.82, 2.24) is 4.90 Å². The van der Waals surface area contributed by atoms with Gasteiger partial charge in [0.1, 0.15) is 5.60 Å². The fourth-order valence-electron chi connectivity index (χ4n) is 3.46. The van der Waals surface area contributed by atoms with E-state index in [2.05, 4.69) is 0 Å². The SMILES string of the molecule is C/C=C(\N)c1ccc(CN2CC3(CCCCC3)OC2=O)cc1. The Morgan fingerprint density at radius 2 is 1.95 bits per heavy atom. The van der Waals surface area contributed by atoms with E-state index in [0.29, 0.717) is 6.54 Å². The minimum atomic E-state index is -0.218. The standard InChI is InChI=1S/C18H24N2O2/c1-2-16(19)15-8-6-14(7-9-15)12-20-13-18(22-17(20)21)10-4-3-5-11-18/h2,6-9H,3-5,10-13,19H2,1H3/b16-2-. The van der Waals surface area contributed by atoms with Gasteiger partial charge in [0.25, 0.3) is 0 Å². The van der Waals surface area contributed by atoms with Crippen LogP contribution in [0.1, 0.15) is 50.2 Å². The van der Waals surface area contributed by atoms with Gasteiger partial charge in [-0.25, -0.2) is 4.79 Å². The van der Waals surface area contributed by atoms with Gasteiger partial charge in [0.05, 0.1) is 6.54 Å². The highest BCUT2D eigenvalue weighted by Crippen LogP contribution is 2.37. The molecule has 1 saturated heterocycles. The molecule has 1 aliphatic carbocycles. The van der Waals surface area contributed by atoms with Crippen LogP contribution in [0.5, 0.6) is 0 Å². The third-order valence-electron chi connectivity index (χ3n) is 4.78. The van der Waals surface area contributed by atoms with Crippen LogP contribution >= 0.6 is 0 Å². The van der Waals surface area contributed by atoms with Crippen molar-refractivity contribution in [2.75, 3.05) is 6.54 Å². The van der Waals surface area contributed by atoms with Crippen LogP contribution in [0.4, 0.5) is 4.79 Å². The van der Waals surface area contributed by atoms with E-state index in [1.807, 2.05) is 42.2 Å². The molecule has 2 aliphatic rings. The van der Waals surface area contributed by atoms with Crippen molar-refractivity contribution in [3.63, 3.8) is 0 Å². The van der Waals surface area contributed by atoms with E-state index < -0.39 is 0 Å². The van der Waals surface area contributed by atoms with E-state index in [4.69, 9.17) is 10.5 Å². The maximum absolute atomic E-state index is 12.1. The van der Waals surface area contributed by atoms with Gasteiger partial charge in [-0.15, -0.1) is 0 Å². The van der Waals surface area contributed by atoms with E-state index >= 15 is 0 Å². The largest absolute Gasteiger partial charge is 0.441 e. The minimum Gasteiger partial charge on any atom is -0.441 e. The summed E-state index contributed by atoms with van der Waals surface area (Å²) >= 11 is 0. The number of carbonyl (C=O) groups excluding carboxylic acids is 1. The summed E-state index contributed by atoms with van der Waals surface area (Å²) in [6.07, 6.45) is 7.32. The molecular formula is C18H24N2O2. The number of ether oxygens (including phenoxy) is 1. The van der Waals surface area contributed by atoms with Crippen LogP contribution in [-0.4, -0.2) is 23.1 Å². The van der Waals surface area contributed by atoms with Gasteiger partial charge in [0.2, 0.25) is 0 Å². The van der Waals surface area contributed by atoms with Gasteiger partial charge >= 0.3 is 6.09 Å². The van der Waals surface area contributed by atoms with E-state index in [0.717, 1.165) is 36.2 Å². The molecule has 0 unspecified atom stereocenters. The normalized spacial score (nSPS) is 21.2. The molecule has 0 aromatic heterocycles. The second-order valence-electron chi connectivity index (χ2n) is 6.41. The van der Waals surface area contributed by atoms with Gasteiger partial charge in [-0.1, -0.05) is 36.8 Å². The highest BCUT2D eigenvalue weighted by Gasteiger charge is 2.45. The zero-order chi connectivity index (χ0) is 15.6. The first-order valence-electron chi connectivity index (χ1n) is 8.11. The molecule has 22 heavy (non-hydrogen) atoms. The summed E-state index contributed by atoms with van der Waals surface area (Å²) in [5.41, 5.74) is 8.58. The molecule has 1 aliphatic heterocycles. The fraction of sp³-hybridized carbons (Fsp3) is 0.500. The van der Waals surface area contributed by atoms with Crippen molar-refractivity contribution in [3.05, 3.63) is 41.5 Å². The lowest BCUT2D eigenvalue weighted by Gasteiger charge is -2.30. The van der Waals surface area contributed by atoms with E-state index in [1.165, 1.54) is 19.3 Å². The van der Waals surface area contributed by atoms with Crippen LogP contribution in [0.15, 0.2) is 30.3 Å². The van der Waals surface area contributed by atoms with Gasteiger partial charge in [-0.05, 0) is 43.7 Å². The van der Waals surface area contributed by atoms with E-state index in [9.17, 15) is 4.79 Å². The van der Waals surface area contributed by atoms with E-state index in [-0.39, 0.29) is 11.7 Å². The molecule has 2 N–H and O–H groups in total. The van der Waals surface area contributed by atoms with Gasteiger partial charge in [0, 0.05) is 12.2 Å². The molecule has 1 aromatic rings. The van der Waals surface area contributed by atoms with Crippen LogP contribution in [0.3, 0.4) is 0 Å². The second-order valence-corrected chi connectivity index (χ2v) is 6.41. The lowest BCUT2D eigenvalue weighted by molar-refractivity contribution is 0.0260. The average molecular weight is 300 g/mol. The van der Waals surface area contributed by atoms with Gasteiger partial charge in [0.15, 0.2) is 0 Å². The molecule has 1 saturated carbocycles. The Kier molecular flexibility index (Phi) is 4.10. The molecule has 3 rings (SSSR count). The number of hydrogen-bond donors (Lipinski definition) is 1. The molecule has 0 atom stereocenters. The Hall–Kier alpha value is -1.97. The first-order chi connectivity index (χ1) is 10.6. The summed E-state index contributed by atoms with van der Waals surface area (Å²) in [7, 11) is 0. The number of nitrogens with two attached hydrogens (primary N) is 1. The fourth-order valence-corrected chi connectivity index (χ4v) is 3.46. The number of amides is 1. The van der Waals surface area contributed by atoms with Crippen molar-refractivity contribution < 1.29 is 9.53 Å². The van der Waals surface area contributed by atoms with Crippen molar-refractivity contribution in [2.24, 2.45) is 5.73 Å². The number of rotatable bonds is 3. The van der Waals surface area contributed by atoms with Crippen molar-refractivity contribution in [1.29, 1.82) is 0 Å². The topological polar surface area (TPSA) is 55.6 Å². The van der Waals surface area contributed by atoms with Crippen molar-refractivity contribution >= 4 is 11.8 Å². The second kappa shape index (κ2) is 6.03. The van der Waals surface area contributed by atoms with Crippen LogP contribution < -0.4 is 5.73 Å². The average Bonchev–Trinajstić information content (AvgIpc) is 2.83. The molecule has 4 nitrogen and oxygen atoms in total. The number of benzene rings is 1. The highest BCUT2D eigenvalue weighted by atomic mass is 16.6. The zero-order valence-corrected chi connectivity index (χ0v) is 13.2. The van der Waals surface area contributed by atoms with Crippen LogP contribution in [0.2, 0.25) is 0 Å². The lowest BCUT2D eigenvalue weighted by Crippen LogP contribution is -2.36. The predicted molar refractivity (Wildman–Crippen MR) is 87.0 cm³/mol. The summed E-state index contributed by atoms with van der Waals surface area (Å²) in [5, 5.41) is 0. The number of hydrogen-bond acceptors (Lipinski definition) is 3. The van der Waals surface area contributed by atoms with Crippen LogP contribution in [0.25, 0.3) is 5.70 Å². The maximum atomic E-state index is 12.1. The number of carbonyl (C=O) groups is 1. The Labute approximate surface area is 131 Å². The summed E-state index contributed by atoms with van der Waals surface area (Å²) in [5.74, 6) is 0. The summed E-state index contributed by atoms with van der Waals surface area (Å²) in [6, 6.07) is 8.07. The predicted octanol–water partition coefficient (Wildman–Crippen LogP) is 3.66. The molecule has 118 valence electrons. The maximum Gasteiger partial charge on any atom is 0.410 e. The first-order valence-corrected chi connectivity index (χ1v) is 8.11. The Bertz CT molecular complexity index is 571. The van der Waals surface area contributed by atoms with Gasteiger partial charge in [-0.2, -0.15) is 0 Å². The molecule has 1 spiro atoms. The highest BCUT2D eigenvalue weighted by molar-refractivity contribution is 5.71. The van der Waals surface area contributed by atoms with Crippen LogP contribution in [-0.2, 0) is 11.3 Å². The number of nitrogens with zero attached hydrogens (tertiary/aromatic N) is 1. The molecule has 2 fully saturated rings. The number of allylic oxidation sites excluding steroid dienone is 1. The molecule has 4 heteroatoms. The molecular weight excluding hydrogens is 276 g/mol.